The number of imidazole rings is 2. The van der Waals surface area contributed by atoms with Gasteiger partial charge < -0.3 is 70.7 Å². The molecular formula is C55H73F2N15O20P2S2. The third kappa shape index (κ3) is 20.1. The molecule has 41 heteroatoms. The molecule has 8 rings (SSSR count). The van der Waals surface area contributed by atoms with Crippen molar-refractivity contribution in [3.05, 3.63) is 55.1 Å². The van der Waals surface area contributed by atoms with Gasteiger partial charge in [0.25, 0.3) is 0 Å². The minimum absolute atomic E-state index is 0.00382. The average molecular weight is 1430 g/mol. The maximum atomic E-state index is 16.6. The Bertz CT molecular complexity index is 3720. The van der Waals surface area contributed by atoms with Crippen molar-refractivity contribution in [3.63, 3.8) is 0 Å². The maximum absolute atomic E-state index is 16.6. The standard InChI is InChI=1S/C55H73F2N15O20P2S2/c1-28(2)40(68-36(75)12-8-6-5-7-11-33(73)29(3)20-37(76)77)34(74)21-31(10-9-17-60-53(59)79)49(78)67-32-15-13-30(14-16-32)22-85-55(81)70(4)18-19-84-54(80)69-46-42-48(64-25-62-46)72(27-66-42)51-39(57)44-52(88-51)89-92-94(83,96)90-43-35(23-86-93(82,95)91-44)87-50(38(43)56)71-26-65-41-45(58)61-24-63-47(41)71/h13-16,24-29,31,35,38-40,43-44,50-52H,5-12,17-23H2,1-4H3,(H,67,78)(H,68,75)(H,76,77)(H,82,95)(H,83,96)(H2,58,61,63)(H3,59,60,79)(H,62,64,69,80)/t29?,31-,35-,38-,39-,40?,43-,44+,50-,51-,52-,93?,94?/m1/s1. The fourth-order valence-corrected chi connectivity index (χ4v) is 12.9. The molecule has 0 aliphatic carbocycles. The van der Waals surface area contributed by atoms with Crippen molar-refractivity contribution in [2.75, 3.05) is 49.7 Å². The number of hydrogen-bond acceptors (Lipinski definition) is 26. The van der Waals surface area contributed by atoms with Gasteiger partial charge in [-0.05, 0) is 72.9 Å². The first kappa shape index (κ1) is 74.3. The minimum atomic E-state index is -4.64. The molecule has 11 N–H and O–H groups in total. The number of halogens is 2. The van der Waals surface area contributed by atoms with Gasteiger partial charge >= 0.3 is 37.6 Å². The van der Waals surface area contributed by atoms with Crippen molar-refractivity contribution >= 4 is 124 Å². The lowest BCUT2D eigenvalue weighted by molar-refractivity contribution is -0.336. The molecule has 5 aromatic rings. The number of carboxylic acid groups (broad SMARTS) is 1. The van der Waals surface area contributed by atoms with Gasteiger partial charge in [-0.3, -0.25) is 47.5 Å². The number of alkyl halides is 2. The second-order valence-corrected chi connectivity index (χ2v) is 28.4. The summed E-state index contributed by atoms with van der Waals surface area (Å²) in [6, 6.07) is 4.66. The van der Waals surface area contributed by atoms with Gasteiger partial charge in [-0.1, -0.05) is 45.7 Å². The van der Waals surface area contributed by atoms with Gasteiger partial charge in [0.15, 0.2) is 65.1 Å². The molecule has 0 spiro atoms. The normalized spacial score (nSPS) is 24.5. The number of amides is 6. The first-order valence-corrected chi connectivity index (χ1v) is 35.3. The van der Waals surface area contributed by atoms with Crippen LogP contribution in [0.15, 0.2) is 49.6 Å². The van der Waals surface area contributed by atoms with Crippen LogP contribution in [0.25, 0.3) is 22.3 Å². The number of aromatic nitrogens is 8. The summed E-state index contributed by atoms with van der Waals surface area (Å²) in [5, 5.41) is 19.4. The van der Waals surface area contributed by atoms with E-state index in [1.54, 1.807) is 45.0 Å². The summed E-state index contributed by atoms with van der Waals surface area (Å²) >= 11 is 10.3. The molecule has 3 aliphatic rings. The number of urea groups is 1. The lowest BCUT2D eigenvalue weighted by atomic mass is 9.89. The van der Waals surface area contributed by atoms with Crippen LogP contribution in [0.2, 0.25) is 0 Å². The Hall–Kier alpha value is -7.52. The zero-order valence-corrected chi connectivity index (χ0v) is 55.5. The molecule has 4 aromatic heterocycles. The summed E-state index contributed by atoms with van der Waals surface area (Å²) in [5.74, 6) is -4.35. The smallest absolute Gasteiger partial charge is 0.412 e. The molecule has 6 amide bonds. The van der Waals surface area contributed by atoms with E-state index in [0.29, 0.717) is 43.4 Å². The van der Waals surface area contributed by atoms with Crippen LogP contribution in [0.1, 0.15) is 103 Å². The number of unbranched alkanes of at least 4 members (excludes halogenated alkanes) is 3. The average Bonchev–Trinajstić information content (AvgIpc) is 1.62. The first-order valence-electron chi connectivity index (χ1n) is 30.1. The number of benzene rings is 1. The van der Waals surface area contributed by atoms with Crippen LogP contribution in [0.4, 0.5) is 40.5 Å². The van der Waals surface area contributed by atoms with Crippen LogP contribution in [-0.4, -0.2) is 183 Å². The molecule has 13 atom stereocenters. The maximum Gasteiger partial charge on any atom is 0.412 e. The van der Waals surface area contributed by atoms with Crippen molar-refractivity contribution in [1.29, 1.82) is 0 Å². The molecule has 0 saturated carbocycles. The van der Waals surface area contributed by atoms with E-state index < -0.39 is 117 Å². The van der Waals surface area contributed by atoms with Gasteiger partial charge in [-0.25, -0.2) is 53.1 Å². The lowest BCUT2D eigenvalue weighted by Gasteiger charge is -2.29. The number of hydrogen-bond donors (Lipinski definition) is 9. The molecule has 3 saturated heterocycles. The highest BCUT2D eigenvalue weighted by molar-refractivity contribution is 8.07. The number of carbonyl (C=O) groups is 8. The molecule has 1 aromatic carbocycles. The number of nitrogens with one attached hydrogen (secondary N) is 4. The van der Waals surface area contributed by atoms with Crippen molar-refractivity contribution < 1.29 is 104 Å². The minimum Gasteiger partial charge on any atom is -0.481 e. The summed E-state index contributed by atoms with van der Waals surface area (Å²) in [7, 11) is 1.39. The van der Waals surface area contributed by atoms with Crippen molar-refractivity contribution in [2.45, 2.75) is 147 Å². The van der Waals surface area contributed by atoms with Gasteiger partial charge in [0, 0.05) is 50.4 Å². The molecule has 524 valence electrons. The Morgan fingerprint density at radius 3 is 2.12 bits per heavy atom. The summed E-state index contributed by atoms with van der Waals surface area (Å²) < 4.78 is 79.2. The highest BCUT2D eigenvalue weighted by atomic mass is 32.5. The number of carboxylic acids is 1. The van der Waals surface area contributed by atoms with E-state index >= 15 is 8.78 Å². The highest BCUT2D eigenvalue weighted by Gasteiger charge is 2.55. The molecule has 96 heavy (non-hydrogen) atoms. The van der Waals surface area contributed by atoms with Crippen LogP contribution < -0.4 is 32.7 Å². The second kappa shape index (κ2) is 33.6. The zero-order chi connectivity index (χ0) is 69.6. The van der Waals surface area contributed by atoms with Crippen LogP contribution >= 0.6 is 13.4 Å². The van der Waals surface area contributed by atoms with Gasteiger partial charge in [0.1, 0.15) is 49.4 Å². The monoisotopic (exact) mass is 1430 g/mol. The number of ketones is 2. The summed E-state index contributed by atoms with van der Waals surface area (Å²) in [6.45, 7) is -5.33. The molecule has 35 nitrogen and oxygen atoms in total. The third-order valence-electron chi connectivity index (χ3n) is 15.4. The SMILES string of the molecule is CC(CC(=O)O)C(=O)CCCCCCC(=O)NC(C(=O)C[C@@H](CCCNC(N)=O)C(=O)Nc1ccc(COC(=O)N(C)CCOC(=O)Nc2ncnc3c2ncn3[C@@H]2O[C@@H]3OOP(O)(=S)O[C@H]4[C@@H](F)[C@H](n5cnc6c(N)ncnc65)O[C@@H]4COP(O)(=S)O[C@H]3[C@H]2F)cc1)C(C)C. The third-order valence-corrected chi connectivity index (χ3v) is 18.2. The topological polar surface area (TPSA) is 471 Å². The number of Topliss-reactive ketones (excluding diaryl/α,β-unsaturated/α-hetero) is 2. The van der Waals surface area contributed by atoms with Crippen molar-refractivity contribution in [1.82, 2.24) is 54.6 Å². The Morgan fingerprint density at radius 2 is 1.44 bits per heavy atom. The summed E-state index contributed by atoms with van der Waals surface area (Å²) in [4.78, 5) is 154. The van der Waals surface area contributed by atoms with E-state index in [0.717, 1.165) is 28.4 Å². The molecular weight excluding hydrogens is 1350 g/mol. The zero-order valence-electron chi connectivity index (χ0n) is 52.1. The quantitative estimate of drug-likeness (QED) is 0.0176. The predicted octanol–water partition coefficient (Wildman–Crippen LogP) is 4.80. The van der Waals surface area contributed by atoms with Crippen LogP contribution in [0, 0.1) is 17.8 Å². The van der Waals surface area contributed by atoms with E-state index in [1.165, 1.54) is 17.9 Å². The molecule has 0 bridgehead atoms. The number of nitrogens with zero attached hydrogens (tertiary/aromatic N) is 9. The van der Waals surface area contributed by atoms with Gasteiger partial charge in [0.2, 0.25) is 18.1 Å². The number of fused-ring (bicyclic) bond motifs is 4. The number of likely N-dealkylation sites (N-methyl/N-ethyl adjacent to an activating group) is 1. The number of anilines is 3. The van der Waals surface area contributed by atoms with Crippen LogP contribution in [-0.2, 0) is 96.3 Å². The number of aliphatic carboxylic acids is 1. The molecule has 4 unspecified atom stereocenters. The predicted molar refractivity (Wildman–Crippen MR) is 337 cm³/mol. The molecule has 0 radical (unpaired) electrons. The number of nitrogen functional groups attached to an aromatic ring is 1. The Labute approximate surface area is 556 Å². The van der Waals surface area contributed by atoms with Crippen molar-refractivity contribution in [2.24, 2.45) is 23.5 Å². The van der Waals surface area contributed by atoms with E-state index in [1.807, 2.05) is 0 Å². The van der Waals surface area contributed by atoms with E-state index in [9.17, 15) is 48.1 Å². The fraction of sp³-hybridized carbons (Fsp3) is 0.564. The lowest BCUT2D eigenvalue weighted by Crippen LogP contribution is -2.45. The highest BCUT2D eigenvalue weighted by Crippen LogP contribution is 2.55. The van der Waals surface area contributed by atoms with Crippen molar-refractivity contribution in [3.8, 4) is 0 Å². The Morgan fingerprint density at radius 1 is 0.792 bits per heavy atom. The molecule has 7 heterocycles. The molecule has 3 fully saturated rings. The summed E-state index contributed by atoms with van der Waals surface area (Å²) in [6.07, 6.45) is -9.66. The molecule has 3 aliphatic heterocycles. The Balaban J connectivity index is 0.783. The largest absolute Gasteiger partial charge is 0.481 e. The number of carbonyl (C=O) groups excluding carboxylic acids is 7. The van der Waals surface area contributed by atoms with Crippen LogP contribution in [0.3, 0.4) is 0 Å². The van der Waals surface area contributed by atoms with Gasteiger partial charge in [-0.15, -0.1) is 4.67 Å². The number of ether oxygens (including phenoxy) is 4. The number of rotatable bonds is 29. The van der Waals surface area contributed by atoms with E-state index in [2.05, 4.69) is 51.2 Å². The fourth-order valence-electron chi connectivity index (χ4n) is 10.4. The number of primary amides is 1. The van der Waals surface area contributed by atoms with E-state index in [-0.39, 0.29) is 116 Å². The summed E-state index contributed by atoms with van der Waals surface area (Å²) in [5.41, 5.74) is 12.0. The van der Waals surface area contributed by atoms with E-state index in [4.69, 9.17) is 82.3 Å². The first-order chi connectivity index (χ1) is 45.6. The van der Waals surface area contributed by atoms with Gasteiger partial charge in [-0.2, -0.15) is 4.89 Å². The number of nitrogens with two attached hydrogens (primary N) is 2. The van der Waals surface area contributed by atoms with Gasteiger partial charge in [0.05, 0.1) is 38.3 Å². The Kier molecular flexibility index (Phi) is 26.0. The van der Waals surface area contributed by atoms with Crippen LogP contribution in [0.5, 0.6) is 0 Å². The second-order valence-electron chi connectivity index (χ2n) is 22.9.